The second kappa shape index (κ2) is 10.6. The first kappa shape index (κ1) is 33.2. The van der Waals surface area contributed by atoms with Gasteiger partial charge in [0.15, 0.2) is 44.5 Å². The van der Waals surface area contributed by atoms with Crippen molar-refractivity contribution in [3.05, 3.63) is 64.5 Å². The number of benzene rings is 2. The molecule has 4 amide bonds. The van der Waals surface area contributed by atoms with Crippen LogP contribution in [-0.2, 0) is 19.2 Å². The maximum atomic E-state index is 15.2. The molecule has 3 fully saturated rings. The van der Waals surface area contributed by atoms with Gasteiger partial charge in [-0.2, -0.15) is 0 Å². The number of alkyl halides is 2. The molecule has 2 heterocycles. The van der Waals surface area contributed by atoms with Crippen molar-refractivity contribution in [1.29, 1.82) is 0 Å². The van der Waals surface area contributed by atoms with Gasteiger partial charge in [0.05, 0.1) is 18.4 Å². The van der Waals surface area contributed by atoms with Gasteiger partial charge in [0, 0.05) is 11.5 Å². The molecular weight excluding hydrogens is 674 g/mol. The number of imide groups is 2. The zero-order valence-corrected chi connectivity index (χ0v) is 26.8. The summed E-state index contributed by atoms with van der Waals surface area (Å²) in [7, 11) is 0. The summed E-state index contributed by atoms with van der Waals surface area (Å²) in [6.45, 7) is 6.71. The molecule has 6 unspecified atom stereocenters. The van der Waals surface area contributed by atoms with E-state index < -0.39 is 104 Å². The maximum Gasteiger partial charge on any atom is 0.258 e. The van der Waals surface area contributed by atoms with E-state index in [0.717, 1.165) is 4.90 Å². The number of amides is 4. The molecule has 0 bridgehead atoms. The third-order valence-electron chi connectivity index (χ3n) is 9.51. The minimum absolute atomic E-state index is 0.0201. The van der Waals surface area contributed by atoms with Gasteiger partial charge in [-0.15, -0.1) is 23.2 Å². The normalized spacial score (nSPS) is 30.4. The van der Waals surface area contributed by atoms with Crippen LogP contribution in [0.3, 0.4) is 0 Å². The molecule has 4 aliphatic rings. The summed E-state index contributed by atoms with van der Waals surface area (Å²) >= 11 is 14.2. The van der Waals surface area contributed by atoms with E-state index in [-0.39, 0.29) is 35.0 Å². The highest BCUT2D eigenvalue weighted by atomic mass is 35.5. The van der Waals surface area contributed by atoms with Crippen LogP contribution < -0.4 is 9.64 Å². The van der Waals surface area contributed by atoms with Gasteiger partial charge in [-0.1, -0.05) is 17.7 Å². The molecule has 15 heteroatoms. The monoisotopic (exact) mass is 700 g/mol. The quantitative estimate of drug-likeness (QED) is 0.107. The van der Waals surface area contributed by atoms with Crippen LogP contribution in [0.4, 0.5) is 27.6 Å². The summed E-state index contributed by atoms with van der Waals surface area (Å²) in [5.41, 5.74) is -2.38. The van der Waals surface area contributed by atoms with E-state index in [4.69, 9.17) is 27.9 Å². The fourth-order valence-corrected chi connectivity index (χ4v) is 8.52. The van der Waals surface area contributed by atoms with Gasteiger partial charge in [0.25, 0.3) is 11.8 Å². The summed E-state index contributed by atoms with van der Waals surface area (Å²) in [6, 6.07) is 3.85. The number of likely N-dealkylation sites (tertiary alicyclic amines) is 1. The second-order valence-electron chi connectivity index (χ2n) is 13.0. The molecule has 47 heavy (non-hydrogen) atoms. The molecule has 1 saturated carbocycles. The molecule has 2 saturated heterocycles. The zero-order chi connectivity index (χ0) is 34.7. The molecule has 8 nitrogen and oxygen atoms in total. The topological polar surface area (TPSA) is 104 Å². The lowest BCUT2D eigenvalue weighted by Crippen LogP contribution is -2.60. The Labute approximate surface area is 275 Å². The number of rotatable bonds is 4. The van der Waals surface area contributed by atoms with Crippen molar-refractivity contribution in [3.8, 4) is 11.5 Å². The molecule has 6 rings (SSSR count). The molecule has 1 N–H and O–H groups in total. The highest BCUT2D eigenvalue weighted by Gasteiger charge is 2.77. The molecule has 2 aromatic carbocycles. The Hall–Kier alpha value is -3.71. The van der Waals surface area contributed by atoms with Crippen LogP contribution in [0.25, 0.3) is 0 Å². The number of hydrogen-bond acceptors (Lipinski definition) is 6. The van der Waals surface area contributed by atoms with E-state index in [9.17, 15) is 37.5 Å². The number of anilines is 1. The largest absolute Gasteiger partial charge is 0.504 e. The number of phenolic OH excluding ortho intramolecular Hbond substituents is 1. The van der Waals surface area contributed by atoms with Crippen LogP contribution in [0.2, 0.25) is 0 Å². The van der Waals surface area contributed by atoms with Gasteiger partial charge < -0.3 is 9.84 Å². The molecule has 2 aliphatic heterocycles. The first-order valence-corrected chi connectivity index (χ1v) is 15.4. The van der Waals surface area contributed by atoms with Crippen LogP contribution in [0.15, 0.2) is 29.8 Å². The van der Waals surface area contributed by atoms with Crippen molar-refractivity contribution in [2.75, 3.05) is 11.5 Å². The van der Waals surface area contributed by atoms with Gasteiger partial charge in [0.1, 0.15) is 5.69 Å². The summed E-state index contributed by atoms with van der Waals surface area (Å²) < 4.78 is 78.5. The number of ether oxygens (including phenoxy) is 1. The number of nitrogens with zero attached hydrogens (tertiary/aromatic N) is 2. The first-order chi connectivity index (χ1) is 21.8. The molecule has 0 spiro atoms. The van der Waals surface area contributed by atoms with Crippen LogP contribution >= 0.6 is 23.2 Å². The van der Waals surface area contributed by atoms with Crippen LogP contribution in [0, 0.1) is 46.8 Å². The Kier molecular flexibility index (Phi) is 7.52. The number of hydrogen-bond donors (Lipinski definition) is 1. The minimum Gasteiger partial charge on any atom is -0.504 e. The molecule has 250 valence electrons. The second-order valence-corrected chi connectivity index (χ2v) is 14.3. The van der Waals surface area contributed by atoms with Crippen LogP contribution in [0.1, 0.15) is 52.0 Å². The SMILES string of the molecule is CCOc1cc(C2C3=CCC4C(=O)N(C(C)(C)C)C(=O)C4C3CC3(Cl)C(=O)N(c4c(F)c(F)c(F)c(F)c4F)C(=O)C23Cl)ccc1O. The number of fused-ring (bicyclic) bond motifs is 4. The van der Waals surface area contributed by atoms with E-state index in [2.05, 4.69) is 0 Å². The Morgan fingerprint density at radius 3 is 2.09 bits per heavy atom. The van der Waals surface area contributed by atoms with Crippen molar-refractivity contribution in [1.82, 2.24) is 4.90 Å². The van der Waals surface area contributed by atoms with E-state index in [1.54, 1.807) is 33.8 Å². The molecule has 0 aromatic heterocycles. The number of allylic oxidation sites excluding steroid dienone is 2. The summed E-state index contributed by atoms with van der Waals surface area (Å²) in [4.78, 5) is 51.6. The molecule has 2 aliphatic carbocycles. The molecular formula is C32H27Cl2F5N2O6. The molecule has 6 atom stereocenters. The van der Waals surface area contributed by atoms with Crippen molar-refractivity contribution in [2.24, 2.45) is 17.8 Å². The van der Waals surface area contributed by atoms with Crippen molar-refractivity contribution in [2.45, 2.75) is 61.7 Å². The lowest BCUT2D eigenvalue weighted by molar-refractivity contribution is -0.145. The van der Waals surface area contributed by atoms with E-state index in [1.807, 2.05) is 0 Å². The highest BCUT2D eigenvalue weighted by molar-refractivity contribution is 6.58. The average Bonchev–Trinajstić information content (AvgIpc) is 3.35. The van der Waals surface area contributed by atoms with Gasteiger partial charge in [-0.25, -0.2) is 26.9 Å². The van der Waals surface area contributed by atoms with Gasteiger partial charge in [0.2, 0.25) is 17.6 Å². The lowest BCUT2D eigenvalue weighted by Gasteiger charge is -2.50. The summed E-state index contributed by atoms with van der Waals surface area (Å²) in [5, 5.41) is 10.4. The van der Waals surface area contributed by atoms with Crippen molar-refractivity contribution < 1.29 is 51.0 Å². The number of carbonyl (C=O) groups excluding carboxylic acids is 4. The van der Waals surface area contributed by atoms with E-state index in [1.165, 1.54) is 18.2 Å². The van der Waals surface area contributed by atoms with Gasteiger partial charge in [-0.05, 0) is 64.2 Å². The minimum atomic E-state index is -2.67. The third kappa shape index (κ3) is 4.24. The smallest absolute Gasteiger partial charge is 0.258 e. The Bertz CT molecular complexity index is 1800. The molecule has 2 aromatic rings. The predicted octanol–water partition coefficient (Wildman–Crippen LogP) is 5.85. The average molecular weight is 701 g/mol. The standard InChI is InChI=1S/C32H27Cl2F5N2O6/c1-5-47-17-10-12(6-9-16(17)42)19-13-7-8-14-18(27(44)41(26(14)43)30(2,3)4)15(13)11-31(33)28(45)40(29(46)32(19,31)34)25-23(38)21(36)20(35)22(37)24(25)39/h6-7,9-10,14-15,18-19,42H,5,8,11H2,1-4H3. The number of phenols is 1. The fourth-order valence-electron chi connectivity index (χ4n) is 7.58. The number of aromatic hydroxyl groups is 1. The van der Waals surface area contributed by atoms with Crippen LogP contribution in [-0.4, -0.2) is 55.5 Å². The van der Waals surface area contributed by atoms with Crippen LogP contribution in [0.5, 0.6) is 11.5 Å². The zero-order valence-electron chi connectivity index (χ0n) is 25.3. The predicted molar refractivity (Wildman–Crippen MR) is 157 cm³/mol. The van der Waals surface area contributed by atoms with Gasteiger partial charge in [-0.3, -0.25) is 24.1 Å². The highest BCUT2D eigenvalue weighted by Crippen LogP contribution is 2.66. The maximum absolute atomic E-state index is 15.2. The first-order valence-electron chi connectivity index (χ1n) is 14.7. The fraction of sp³-hybridized carbons (Fsp3) is 0.438. The third-order valence-corrected chi connectivity index (χ3v) is 10.9. The van der Waals surface area contributed by atoms with E-state index in [0.29, 0.717) is 5.57 Å². The van der Waals surface area contributed by atoms with Gasteiger partial charge >= 0.3 is 0 Å². The Morgan fingerprint density at radius 1 is 0.915 bits per heavy atom. The number of halogens is 7. The Morgan fingerprint density at radius 2 is 1.51 bits per heavy atom. The van der Waals surface area contributed by atoms with E-state index >= 15 is 8.78 Å². The Balaban J connectivity index is 1.61. The van der Waals surface area contributed by atoms with Crippen molar-refractivity contribution >= 4 is 52.5 Å². The summed E-state index contributed by atoms with van der Waals surface area (Å²) in [5.74, 6) is -21.3. The summed E-state index contributed by atoms with van der Waals surface area (Å²) in [6.07, 6.45) is 1.01. The lowest BCUT2D eigenvalue weighted by atomic mass is 9.56. The number of carbonyl (C=O) groups is 4. The molecule has 0 radical (unpaired) electrons. The van der Waals surface area contributed by atoms with Crippen molar-refractivity contribution in [3.63, 3.8) is 0 Å².